The molecule has 4 rings (SSSR count). The maximum atomic E-state index is 13.8. The molecule has 1 aromatic carbocycles. The van der Waals surface area contributed by atoms with Crippen LogP contribution in [0.2, 0.25) is 0 Å². The van der Waals surface area contributed by atoms with Gasteiger partial charge in [-0.05, 0) is 45.1 Å². The number of hydrogen-bond acceptors (Lipinski definition) is 5. The Morgan fingerprint density at radius 3 is 2.71 bits per heavy atom. The number of alkyl halides is 3. The van der Waals surface area contributed by atoms with Gasteiger partial charge in [-0.25, -0.2) is 4.68 Å². The summed E-state index contributed by atoms with van der Waals surface area (Å²) in [5.74, 6) is 0.255. The molecule has 0 bridgehead atoms. The van der Waals surface area contributed by atoms with Gasteiger partial charge in [0.25, 0.3) is 5.91 Å². The van der Waals surface area contributed by atoms with Crippen molar-refractivity contribution >= 4 is 39.0 Å². The predicted octanol–water partition coefficient (Wildman–Crippen LogP) is 5.31. The van der Waals surface area contributed by atoms with Crippen LogP contribution in [0, 0.1) is 0 Å². The van der Waals surface area contributed by atoms with Crippen molar-refractivity contribution in [1.29, 1.82) is 0 Å². The summed E-state index contributed by atoms with van der Waals surface area (Å²) in [6.45, 7) is 0.200. The van der Waals surface area contributed by atoms with Gasteiger partial charge in [0, 0.05) is 17.8 Å². The summed E-state index contributed by atoms with van der Waals surface area (Å²) in [7, 11) is 1.56. The lowest BCUT2D eigenvalue weighted by Gasteiger charge is -2.33. The smallest absolute Gasteiger partial charge is 0.410 e. The summed E-state index contributed by atoms with van der Waals surface area (Å²) in [4.78, 5) is 13.5. The van der Waals surface area contributed by atoms with Crippen molar-refractivity contribution in [2.45, 2.75) is 31.2 Å². The second kappa shape index (κ2) is 8.54. The lowest BCUT2D eigenvalue weighted by Crippen LogP contribution is -2.35. The van der Waals surface area contributed by atoms with Crippen molar-refractivity contribution in [3.63, 3.8) is 0 Å². The highest BCUT2D eigenvalue weighted by Crippen LogP contribution is 2.46. The molecule has 0 aliphatic carbocycles. The molecule has 2 aromatic heterocycles. The monoisotopic (exact) mass is 514 g/mol. The molecule has 6 nitrogen and oxygen atoms in total. The molecule has 3 heterocycles. The van der Waals surface area contributed by atoms with E-state index in [0.717, 1.165) is 15.1 Å². The van der Waals surface area contributed by atoms with E-state index in [0.29, 0.717) is 5.75 Å². The summed E-state index contributed by atoms with van der Waals surface area (Å²) in [5, 5.41) is 11.6. The zero-order valence-corrected chi connectivity index (χ0v) is 18.6. The lowest BCUT2D eigenvalue weighted by molar-refractivity contribution is -0.173. The Balaban J connectivity index is 1.58. The van der Waals surface area contributed by atoms with E-state index in [-0.39, 0.29) is 29.0 Å². The Morgan fingerprint density at radius 2 is 2.10 bits per heavy atom. The molecule has 1 aliphatic rings. The number of aromatic nitrogens is 2. The topological polar surface area (TPSA) is 68.2 Å². The van der Waals surface area contributed by atoms with Crippen molar-refractivity contribution in [3.05, 3.63) is 62.4 Å². The van der Waals surface area contributed by atoms with Crippen molar-refractivity contribution in [2.75, 3.05) is 12.4 Å². The van der Waals surface area contributed by atoms with Gasteiger partial charge in [-0.2, -0.15) is 18.3 Å². The second-order valence-corrected chi connectivity index (χ2v) is 8.76. The fourth-order valence-corrected chi connectivity index (χ4v) is 4.77. The molecule has 0 unspecified atom stereocenters. The van der Waals surface area contributed by atoms with Crippen LogP contribution in [-0.2, 0) is 6.54 Å². The number of benzene rings is 1. The molecule has 11 heteroatoms. The third kappa shape index (κ3) is 4.42. The van der Waals surface area contributed by atoms with Gasteiger partial charge in [-0.1, -0.05) is 18.2 Å². The number of thiophene rings is 1. The molecule has 3 aromatic rings. The van der Waals surface area contributed by atoms with Crippen LogP contribution < -0.4 is 15.4 Å². The maximum absolute atomic E-state index is 13.8. The van der Waals surface area contributed by atoms with Gasteiger partial charge in [0.15, 0.2) is 11.7 Å². The van der Waals surface area contributed by atoms with Crippen LogP contribution in [0.15, 0.2) is 46.3 Å². The molecule has 0 saturated carbocycles. The lowest BCUT2D eigenvalue weighted by atomic mass is 10.0. The number of hydrogen-bond donors (Lipinski definition) is 2. The first-order valence-corrected chi connectivity index (χ1v) is 11.0. The zero-order valence-electron chi connectivity index (χ0n) is 16.2. The number of methoxy groups -OCH3 is 1. The average molecular weight is 515 g/mol. The van der Waals surface area contributed by atoms with Crippen LogP contribution in [0.3, 0.4) is 0 Å². The summed E-state index contributed by atoms with van der Waals surface area (Å²) >= 11 is 4.66. The van der Waals surface area contributed by atoms with Crippen LogP contribution in [0.5, 0.6) is 5.75 Å². The number of carbonyl (C=O) groups excluding carboxylic acids is 1. The van der Waals surface area contributed by atoms with E-state index in [2.05, 4.69) is 31.7 Å². The molecule has 0 radical (unpaired) electrons. The van der Waals surface area contributed by atoms with Crippen molar-refractivity contribution < 1.29 is 22.7 Å². The first kappa shape index (κ1) is 21.7. The second-order valence-electron chi connectivity index (χ2n) is 6.99. The number of anilines is 1. The van der Waals surface area contributed by atoms with Gasteiger partial charge >= 0.3 is 6.18 Å². The standard InChI is InChI=1S/C20H18BrF3N4O2S/c1-30-12-6-4-11(5-7-12)10-25-19(29)17-16(21)18-26-13(14-3-2-8-31-14)9-15(20(22,23)24)28(18)27-17/h2-8,13,15,26H,9-10H2,1H3,(H,25,29)/t13-,15-/m1/s1. The minimum atomic E-state index is -4.51. The number of ether oxygens (including phenoxy) is 1. The number of fused-ring (bicyclic) bond motifs is 1. The van der Waals surface area contributed by atoms with E-state index < -0.39 is 24.2 Å². The van der Waals surface area contributed by atoms with Crippen LogP contribution >= 0.6 is 27.3 Å². The van der Waals surface area contributed by atoms with E-state index in [1.807, 2.05) is 5.38 Å². The van der Waals surface area contributed by atoms with Crippen molar-refractivity contribution in [3.8, 4) is 5.75 Å². The van der Waals surface area contributed by atoms with Gasteiger partial charge in [0.1, 0.15) is 11.6 Å². The number of nitrogens with one attached hydrogen (secondary N) is 2. The molecule has 2 atom stereocenters. The normalized spacial score (nSPS) is 18.2. The van der Waals surface area contributed by atoms with Gasteiger partial charge in [0.2, 0.25) is 0 Å². The molecule has 0 fully saturated rings. The molecule has 0 spiro atoms. The summed E-state index contributed by atoms with van der Waals surface area (Å²) in [6.07, 6.45) is -4.72. The fourth-order valence-electron chi connectivity index (χ4n) is 3.42. The number of rotatable bonds is 5. The minimum Gasteiger partial charge on any atom is -0.497 e. The largest absolute Gasteiger partial charge is 0.497 e. The third-order valence-electron chi connectivity index (χ3n) is 5.01. The van der Waals surface area contributed by atoms with Gasteiger partial charge < -0.3 is 15.4 Å². The summed E-state index contributed by atoms with van der Waals surface area (Å²) in [5.41, 5.74) is 0.718. The van der Waals surface area contributed by atoms with Crippen molar-refractivity contribution in [2.24, 2.45) is 0 Å². The Kier molecular flexibility index (Phi) is 5.98. The Bertz CT molecular complexity index is 1070. The van der Waals surface area contributed by atoms with Gasteiger partial charge in [0.05, 0.1) is 17.6 Å². The third-order valence-corrected chi connectivity index (χ3v) is 6.75. The Labute approximate surface area is 188 Å². The Morgan fingerprint density at radius 1 is 1.35 bits per heavy atom. The van der Waals surface area contributed by atoms with Crippen LogP contribution in [-0.4, -0.2) is 29.0 Å². The van der Waals surface area contributed by atoms with Crippen LogP contribution in [0.4, 0.5) is 19.0 Å². The zero-order chi connectivity index (χ0) is 22.2. The van der Waals surface area contributed by atoms with Gasteiger partial charge in [-0.3, -0.25) is 4.79 Å². The first-order chi connectivity index (χ1) is 14.8. The van der Waals surface area contributed by atoms with E-state index >= 15 is 0 Å². The van der Waals surface area contributed by atoms with Crippen molar-refractivity contribution in [1.82, 2.24) is 15.1 Å². The molecular weight excluding hydrogens is 497 g/mol. The molecular formula is C20H18BrF3N4O2S. The maximum Gasteiger partial charge on any atom is 0.410 e. The molecule has 1 aliphatic heterocycles. The highest BCUT2D eigenvalue weighted by molar-refractivity contribution is 9.10. The highest BCUT2D eigenvalue weighted by Gasteiger charge is 2.47. The molecule has 0 saturated heterocycles. The molecule has 2 N–H and O–H groups in total. The first-order valence-electron chi connectivity index (χ1n) is 9.33. The summed E-state index contributed by atoms with van der Waals surface area (Å²) < 4.78 is 47.5. The van der Waals surface area contributed by atoms with E-state index in [1.54, 1.807) is 43.5 Å². The highest BCUT2D eigenvalue weighted by atomic mass is 79.9. The average Bonchev–Trinajstić information content (AvgIpc) is 3.40. The van der Waals surface area contributed by atoms with E-state index in [4.69, 9.17) is 4.74 Å². The van der Waals surface area contributed by atoms with Gasteiger partial charge in [-0.15, -0.1) is 11.3 Å². The van der Waals surface area contributed by atoms with E-state index in [1.165, 1.54) is 11.3 Å². The number of nitrogens with zero attached hydrogens (tertiary/aromatic N) is 2. The molecule has 164 valence electrons. The van der Waals surface area contributed by atoms with Crippen LogP contribution in [0.25, 0.3) is 0 Å². The minimum absolute atomic E-state index is 0.0999. The summed E-state index contributed by atoms with van der Waals surface area (Å²) in [6, 6.07) is 8.32. The van der Waals surface area contributed by atoms with Crippen LogP contribution in [0.1, 0.15) is 39.4 Å². The predicted molar refractivity (Wildman–Crippen MR) is 114 cm³/mol. The van der Waals surface area contributed by atoms with E-state index in [9.17, 15) is 18.0 Å². The number of halogens is 4. The Hall–Kier alpha value is -2.53. The quantitative estimate of drug-likeness (QED) is 0.484. The number of carbonyl (C=O) groups is 1. The SMILES string of the molecule is COc1ccc(CNC(=O)c2nn3c(c2Br)N[C@@H](c2cccs2)C[C@@H]3C(F)(F)F)cc1. The number of amides is 1. The molecule has 31 heavy (non-hydrogen) atoms. The molecule has 1 amide bonds. The fraction of sp³-hybridized carbons (Fsp3) is 0.300.